The van der Waals surface area contributed by atoms with Crippen LogP contribution in [0.4, 0.5) is 0 Å². The van der Waals surface area contributed by atoms with Crippen molar-refractivity contribution in [3.8, 4) is 0 Å². The highest BCUT2D eigenvalue weighted by Crippen LogP contribution is 2.18. The van der Waals surface area contributed by atoms with Gasteiger partial charge in [-0.15, -0.1) is 0 Å². The highest BCUT2D eigenvalue weighted by atomic mass is 15.0. The van der Waals surface area contributed by atoms with Crippen molar-refractivity contribution in [2.24, 2.45) is 0 Å². The van der Waals surface area contributed by atoms with E-state index in [0.29, 0.717) is 0 Å². The Hall–Kier alpha value is -2.02. The summed E-state index contributed by atoms with van der Waals surface area (Å²) < 4.78 is 2.06. The summed E-state index contributed by atoms with van der Waals surface area (Å²) in [4.78, 5) is 0. The number of fused-ring (bicyclic) bond motifs is 1. The maximum Gasteiger partial charge on any atom is 0.0528 e. The van der Waals surface area contributed by atoms with Crippen molar-refractivity contribution in [3.05, 3.63) is 67.9 Å². The molecular weight excluding hydrogens is 182 g/mol. The number of benzene rings is 1. The van der Waals surface area contributed by atoms with Gasteiger partial charge in [-0.1, -0.05) is 43.5 Å². The Kier molecular flexibility index (Phi) is 2.55. The van der Waals surface area contributed by atoms with Crippen LogP contribution in [-0.4, -0.2) is 4.57 Å². The zero-order chi connectivity index (χ0) is 10.7. The second kappa shape index (κ2) is 4.01. The van der Waals surface area contributed by atoms with Crippen LogP contribution in [0, 0.1) is 0 Å². The molecule has 1 heterocycles. The predicted octanol–water partition coefficient (Wildman–Crippen LogP) is 3.85. The fourth-order valence-corrected chi connectivity index (χ4v) is 1.59. The van der Waals surface area contributed by atoms with Gasteiger partial charge in [-0.05, 0) is 23.6 Å². The molecule has 0 unspecified atom stereocenters. The average Bonchev–Trinajstić information content (AvgIpc) is 2.69. The number of nitrogens with zero attached hydrogens (tertiary/aromatic N) is 1. The maximum absolute atomic E-state index is 4.01. The Morgan fingerprint density at radius 3 is 2.80 bits per heavy atom. The van der Waals surface area contributed by atoms with Gasteiger partial charge in [0.1, 0.15) is 0 Å². The molecule has 1 heteroatoms. The van der Waals surface area contributed by atoms with Gasteiger partial charge in [-0.3, -0.25) is 0 Å². The molecule has 2 rings (SSSR count). The van der Waals surface area contributed by atoms with Crippen molar-refractivity contribution in [2.75, 3.05) is 0 Å². The molecule has 15 heavy (non-hydrogen) atoms. The fourth-order valence-electron chi connectivity index (χ4n) is 1.59. The minimum Gasteiger partial charge on any atom is -0.317 e. The van der Waals surface area contributed by atoms with E-state index in [4.69, 9.17) is 0 Å². The van der Waals surface area contributed by atoms with Crippen LogP contribution in [0.15, 0.2) is 67.9 Å². The molecule has 0 aliphatic heterocycles. The van der Waals surface area contributed by atoms with E-state index in [9.17, 15) is 0 Å². The number of hydrogen-bond acceptors (Lipinski definition) is 0. The molecule has 0 bridgehead atoms. The van der Waals surface area contributed by atoms with Crippen molar-refractivity contribution >= 4 is 16.6 Å². The van der Waals surface area contributed by atoms with E-state index in [2.05, 4.69) is 35.9 Å². The number of para-hydroxylation sites is 1. The summed E-state index contributed by atoms with van der Waals surface area (Å²) in [6, 6.07) is 10.3. The first-order chi connectivity index (χ1) is 7.33. The van der Waals surface area contributed by atoms with Crippen LogP contribution in [-0.2, 0) is 0 Å². The molecule has 1 nitrogen and oxygen atoms in total. The first-order valence-corrected chi connectivity index (χ1v) is 4.87. The second-order valence-electron chi connectivity index (χ2n) is 3.33. The summed E-state index contributed by atoms with van der Waals surface area (Å²) in [5.41, 5.74) is 2.12. The average molecular weight is 195 g/mol. The van der Waals surface area contributed by atoms with Gasteiger partial charge in [0.2, 0.25) is 0 Å². The van der Waals surface area contributed by atoms with Crippen molar-refractivity contribution in [3.63, 3.8) is 0 Å². The third-order valence-corrected chi connectivity index (χ3v) is 2.33. The van der Waals surface area contributed by atoms with Crippen LogP contribution in [0.1, 0.15) is 0 Å². The van der Waals surface area contributed by atoms with Crippen LogP contribution in [0.3, 0.4) is 0 Å². The van der Waals surface area contributed by atoms with Crippen LogP contribution < -0.4 is 0 Å². The molecule has 0 aliphatic carbocycles. The van der Waals surface area contributed by atoms with Crippen LogP contribution in [0.2, 0.25) is 0 Å². The van der Waals surface area contributed by atoms with Crippen molar-refractivity contribution in [1.29, 1.82) is 0 Å². The molecule has 74 valence electrons. The lowest BCUT2D eigenvalue weighted by molar-refractivity contribution is 1.19. The Morgan fingerprint density at radius 2 is 2.00 bits per heavy atom. The first kappa shape index (κ1) is 9.53. The van der Waals surface area contributed by atoms with Crippen molar-refractivity contribution in [2.45, 2.75) is 0 Å². The van der Waals surface area contributed by atoms with Gasteiger partial charge in [0.05, 0.1) is 5.52 Å². The lowest BCUT2D eigenvalue weighted by Crippen LogP contribution is -1.89. The number of allylic oxidation sites excluding steroid dienone is 4. The number of rotatable bonds is 3. The second-order valence-corrected chi connectivity index (χ2v) is 3.33. The van der Waals surface area contributed by atoms with Crippen LogP contribution in [0.25, 0.3) is 16.6 Å². The molecule has 0 atom stereocenters. The minimum atomic E-state index is 0.941. The largest absolute Gasteiger partial charge is 0.317 e. The molecule has 1 aromatic heterocycles. The Morgan fingerprint density at radius 1 is 1.20 bits per heavy atom. The third-order valence-electron chi connectivity index (χ3n) is 2.33. The van der Waals surface area contributed by atoms with Gasteiger partial charge in [0, 0.05) is 11.9 Å². The summed E-state index contributed by atoms with van der Waals surface area (Å²) in [7, 11) is 0. The first-order valence-electron chi connectivity index (χ1n) is 4.87. The maximum atomic E-state index is 4.01. The van der Waals surface area contributed by atoms with Gasteiger partial charge >= 0.3 is 0 Å². The molecule has 0 spiro atoms. The van der Waals surface area contributed by atoms with Gasteiger partial charge in [-0.25, -0.2) is 0 Å². The van der Waals surface area contributed by atoms with Gasteiger partial charge in [0.25, 0.3) is 0 Å². The standard InChI is InChI=1S/C14H13N/c1-3-4-7-12(2)15-11-10-13-8-5-6-9-14(13)15/h3-11H,1-2H2. The Balaban J connectivity index is 2.48. The number of aromatic nitrogens is 1. The highest BCUT2D eigenvalue weighted by molar-refractivity contribution is 5.84. The lowest BCUT2D eigenvalue weighted by Gasteiger charge is -2.03. The summed E-state index contributed by atoms with van der Waals surface area (Å²) in [5, 5.41) is 1.23. The molecule has 0 radical (unpaired) electrons. The summed E-state index contributed by atoms with van der Waals surface area (Å²) in [6.45, 7) is 7.65. The summed E-state index contributed by atoms with van der Waals surface area (Å²) in [6.07, 6.45) is 7.61. The molecule has 0 fully saturated rings. The quantitative estimate of drug-likeness (QED) is 0.655. The van der Waals surface area contributed by atoms with Crippen molar-refractivity contribution in [1.82, 2.24) is 4.57 Å². The minimum absolute atomic E-state index is 0.941. The Bertz CT molecular complexity index is 529. The molecule has 0 saturated carbocycles. The predicted molar refractivity (Wildman–Crippen MR) is 66.6 cm³/mol. The Labute approximate surface area is 89.7 Å². The van der Waals surface area contributed by atoms with E-state index >= 15 is 0 Å². The van der Waals surface area contributed by atoms with Gasteiger partial charge in [-0.2, -0.15) is 0 Å². The van der Waals surface area contributed by atoms with E-state index in [-0.39, 0.29) is 0 Å². The van der Waals surface area contributed by atoms with Gasteiger partial charge in [0.15, 0.2) is 0 Å². The van der Waals surface area contributed by atoms with E-state index in [1.54, 1.807) is 6.08 Å². The molecule has 0 amide bonds. The molecular formula is C14H13N. The van der Waals surface area contributed by atoms with E-state index in [1.807, 2.05) is 30.5 Å². The molecule has 1 aromatic carbocycles. The molecule has 0 saturated heterocycles. The molecule has 2 aromatic rings. The normalized spacial score (nSPS) is 10.9. The van der Waals surface area contributed by atoms with E-state index in [1.165, 1.54) is 10.9 Å². The van der Waals surface area contributed by atoms with Crippen LogP contribution in [0.5, 0.6) is 0 Å². The van der Waals surface area contributed by atoms with Crippen molar-refractivity contribution < 1.29 is 0 Å². The fraction of sp³-hybridized carbons (Fsp3) is 0. The lowest BCUT2D eigenvalue weighted by atomic mass is 10.2. The summed E-state index contributed by atoms with van der Waals surface area (Å²) >= 11 is 0. The monoisotopic (exact) mass is 195 g/mol. The van der Waals surface area contributed by atoms with E-state index in [0.717, 1.165) is 5.70 Å². The van der Waals surface area contributed by atoms with Gasteiger partial charge < -0.3 is 4.57 Å². The zero-order valence-corrected chi connectivity index (χ0v) is 8.56. The summed E-state index contributed by atoms with van der Waals surface area (Å²) in [5.74, 6) is 0. The van der Waals surface area contributed by atoms with E-state index < -0.39 is 0 Å². The third kappa shape index (κ3) is 1.77. The SMILES string of the molecule is C=CC=CC(=C)n1ccc2ccccc21. The highest BCUT2D eigenvalue weighted by Gasteiger charge is 1.99. The molecule has 0 aliphatic rings. The topological polar surface area (TPSA) is 4.93 Å². The van der Waals surface area contributed by atoms with Crippen LogP contribution >= 0.6 is 0 Å². The zero-order valence-electron chi connectivity index (χ0n) is 8.56. The smallest absolute Gasteiger partial charge is 0.0528 e. The number of hydrogen-bond donors (Lipinski definition) is 0. The molecule has 0 N–H and O–H groups in total.